The summed E-state index contributed by atoms with van der Waals surface area (Å²) in [6, 6.07) is 49.8. The van der Waals surface area contributed by atoms with Gasteiger partial charge in [0.05, 0.1) is 67.7 Å². The summed E-state index contributed by atoms with van der Waals surface area (Å²) in [5, 5.41) is 15.3. The number of nitriles is 1. The van der Waals surface area contributed by atoms with E-state index in [1.807, 2.05) is 48.7 Å². The largest absolute Gasteiger partial charge is 0.254 e. The molecule has 5 aromatic heterocycles. The summed E-state index contributed by atoms with van der Waals surface area (Å²) in [5.41, 5.74) is 14.2. The van der Waals surface area contributed by atoms with E-state index < -0.39 is 0 Å². The molecule has 0 radical (unpaired) electrons. The Hall–Kier alpha value is -7.69. The Morgan fingerprint density at radius 2 is 0.982 bits per heavy atom. The summed E-state index contributed by atoms with van der Waals surface area (Å²) >= 11 is 0. The summed E-state index contributed by atoms with van der Waals surface area (Å²) in [6.07, 6.45) is 4.46. The average Bonchev–Trinajstić information content (AvgIpc) is 3.28. The molecular weight excluding hydrogens is 699 g/mol. The standard InChI is InChI=1S/C50H31N7/c1-29-23-38-14-13-35-17-20-43(40-25-30(28-51)24-39(27-40)42-19-16-34-12-10-32-8-4-22-53-46(32)48(34)55-42)56-49(35)50(38)57-44(29)37-6-2-5-36(26-37)41-18-15-33-11-9-31-7-3-21-52-45(31)47(33)54-41/h2-22,24-27,29H,23H2,1H3. The van der Waals surface area contributed by atoms with Crippen molar-refractivity contribution in [3.63, 3.8) is 0 Å². The molecule has 1 aliphatic heterocycles. The van der Waals surface area contributed by atoms with Crippen molar-refractivity contribution >= 4 is 65.9 Å². The van der Waals surface area contributed by atoms with Crippen molar-refractivity contribution in [1.82, 2.24) is 24.9 Å². The lowest BCUT2D eigenvalue weighted by atomic mass is 9.87. The predicted molar refractivity (Wildman–Crippen MR) is 229 cm³/mol. The summed E-state index contributed by atoms with van der Waals surface area (Å²) in [5.74, 6) is 0.197. The van der Waals surface area contributed by atoms with Crippen LogP contribution in [0.2, 0.25) is 0 Å². The fourth-order valence-electron chi connectivity index (χ4n) is 8.27. The second kappa shape index (κ2) is 13.0. The van der Waals surface area contributed by atoms with E-state index in [1.54, 1.807) is 6.20 Å². The average molecular weight is 730 g/mol. The Morgan fingerprint density at radius 3 is 1.60 bits per heavy atom. The molecule has 10 aromatic rings. The van der Waals surface area contributed by atoms with Crippen molar-refractivity contribution in [2.75, 3.05) is 0 Å². The van der Waals surface area contributed by atoms with Gasteiger partial charge in [-0.1, -0.05) is 91.9 Å². The number of hydrogen-bond donors (Lipinski definition) is 0. The monoisotopic (exact) mass is 729 g/mol. The first-order valence-electron chi connectivity index (χ1n) is 19.0. The smallest absolute Gasteiger partial charge is 0.0992 e. The SMILES string of the molecule is CC1Cc2ccc3ccc(-c4cc(C#N)cc(-c5ccc6ccc7cccnc7c6n5)c4)nc3c2N=C1c1cccc(-c2ccc3ccc4cccnc4c3n2)c1. The van der Waals surface area contributed by atoms with Crippen LogP contribution in [0.4, 0.5) is 5.69 Å². The highest BCUT2D eigenvalue weighted by Gasteiger charge is 2.24. The minimum Gasteiger partial charge on any atom is -0.254 e. The summed E-state index contributed by atoms with van der Waals surface area (Å²) in [7, 11) is 0. The van der Waals surface area contributed by atoms with Crippen LogP contribution in [0.25, 0.3) is 88.3 Å². The zero-order valence-corrected chi connectivity index (χ0v) is 30.8. The first-order chi connectivity index (χ1) is 28.1. The van der Waals surface area contributed by atoms with E-state index in [9.17, 15) is 5.26 Å². The van der Waals surface area contributed by atoms with Gasteiger partial charge >= 0.3 is 0 Å². The van der Waals surface area contributed by atoms with Crippen LogP contribution in [0.1, 0.15) is 23.6 Å². The lowest BCUT2D eigenvalue weighted by Gasteiger charge is -2.23. The van der Waals surface area contributed by atoms with Gasteiger partial charge in [0.1, 0.15) is 0 Å². The molecule has 0 spiro atoms. The van der Waals surface area contributed by atoms with Crippen LogP contribution in [0.5, 0.6) is 0 Å². The number of pyridine rings is 5. The van der Waals surface area contributed by atoms with Gasteiger partial charge in [-0.3, -0.25) is 9.97 Å². The van der Waals surface area contributed by atoms with Crippen molar-refractivity contribution in [3.05, 3.63) is 169 Å². The van der Waals surface area contributed by atoms with Crippen molar-refractivity contribution in [1.29, 1.82) is 5.26 Å². The minimum absolute atomic E-state index is 0.197. The van der Waals surface area contributed by atoms with Crippen LogP contribution in [-0.2, 0) is 6.42 Å². The van der Waals surface area contributed by atoms with Gasteiger partial charge in [0, 0.05) is 61.9 Å². The highest BCUT2D eigenvalue weighted by atomic mass is 14.8. The molecule has 7 heteroatoms. The molecule has 0 amide bonds. The van der Waals surface area contributed by atoms with Crippen molar-refractivity contribution in [2.24, 2.45) is 10.9 Å². The zero-order valence-electron chi connectivity index (χ0n) is 30.8. The molecule has 7 nitrogen and oxygen atoms in total. The van der Waals surface area contributed by atoms with Gasteiger partial charge < -0.3 is 0 Å². The third-order valence-corrected chi connectivity index (χ3v) is 11.1. The number of nitrogens with zero attached hydrogens (tertiary/aromatic N) is 7. The fraction of sp³-hybridized carbons (Fsp3) is 0.0600. The molecule has 1 aliphatic rings. The minimum atomic E-state index is 0.197. The topological polar surface area (TPSA) is 101 Å². The third kappa shape index (κ3) is 5.58. The molecule has 6 heterocycles. The molecule has 11 rings (SSSR count). The van der Waals surface area contributed by atoms with E-state index in [-0.39, 0.29) is 5.92 Å². The van der Waals surface area contributed by atoms with Crippen molar-refractivity contribution < 1.29 is 0 Å². The van der Waals surface area contributed by atoms with E-state index in [0.717, 1.165) is 112 Å². The van der Waals surface area contributed by atoms with Gasteiger partial charge in [-0.2, -0.15) is 5.26 Å². The van der Waals surface area contributed by atoms with E-state index in [4.69, 9.17) is 19.9 Å². The second-order valence-corrected chi connectivity index (χ2v) is 14.8. The number of benzene rings is 5. The molecule has 5 aromatic carbocycles. The van der Waals surface area contributed by atoms with E-state index in [2.05, 4.69) is 120 Å². The molecule has 0 N–H and O–H groups in total. The van der Waals surface area contributed by atoms with Gasteiger partial charge in [-0.15, -0.1) is 0 Å². The third-order valence-electron chi connectivity index (χ3n) is 11.1. The Kier molecular flexibility index (Phi) is 7.44. The molecule has 57 heavy (non-hydrogen) atoms. The molecule has 0 bridgehead atoms. The van der Waals surface area contributed by atoms with Gasteiger partial charge in [-0.05, 0) is 72.1 Å². The first kappa shape index (κ1) is 32.7. The molecular formula is C50H31N7. The Bertz CT molecular complexity index is 3380. The van der Waals surface area contributed by atoms with Crippen LogP contribution < -0.4 is 0 Å². The number of aromatic nitrogens is 5. The molecule has 0 aliphatic carbocycles. The fourth-order valence-corrected chi connectivity index (χ4v) is 8.27. The normalized spacial score (nSPS) is 13.9. The molecule has 1 atom stereocenters. The quantitative estimate of drug-likeness (QED) is 0.167. The number of rotatable bonds is 4. The van der Waals surface area contributed by atoms with Gasteiger partial charge in [0.2, 0.25) is 0 Å². The van der Waals surface area contributed by atoms with Gasteiger partial charge in [0.25, 0.3) is 0 Å². The van der Waals surface area contributed by atoms with Crippen LogP contribution in [-0.4, -0.2) is 30.6 Å². The highest BCUT2D eigenvalue weighted by Crippen LogP contribution is 2.39. The predicted octanol–water partition coefficient (Wildman–Crippen LogP) is 11.6. The lowest BCUT2D eigenvalue weighted by molar-refractivity contribution is 0.756. The summed E-state index contributed by atoms with van der Waals surface area (Å²) in [6.45, 7) is 2.24. The maximum Gasteiger partial charge on any atom is 0.0992 e. The summed E-state index contributed by atoms with van der Waals surface area (Å²) in [4.78, 5) is 30.1. The molecule has 1 unspecified atom stereocenters. The zero-order chi connectivity index (χ0) is 38.0. The van der Waals surface area contributed by atoms with Crippen LogP contribution >= 0.6 is 0 Å². The number of hydrogen-bond acceptors (Lipinski definition) is 7. The Balaban J connectivity index is 0.998. The summed E-state index contributed by atoms with van der Waals surface area (Å²) < 4.78 is 0. The Morgan fingerprint density at radius 1 is 0.491 bits per heavy atom. The van der Waals surface area contributed by atoms with E-state index >= 15 is 0 Å². The van der Waals surface area contributed by atoms with Crippen LogP contribution in [0, 0.1) is 17.2 Å². The van der Waals surface area contributed by atoms with Gasteiger partial charge in [0.15, 0.2) is 0 Å². The second-order valence-electron chi connectivity index (χ2n) is 14.8. The van der Waals surface area contributed by atoms with Gasteiger partial charge in [-0.25, -0.2) is 19.9 Å². The van der Waals surface area contributed by atoms with Crippen LogP contribution in [0.15, 0.2) is 157 Å². The van der Waals surface area contributed by atoms with E-state index in [0.29, 0.717) is 5.56 Å². The highest BCUT2D eigenvalue weighted by molar-refractivity contribution is 6.09. The van der Waals surface area contributed by atoms with Crippen molar-refractivity contribution in [2.45, 2.75) is 13.3 Å². The van der Waals surface area contributed by atoms with Crippen molar-refractivity contribution in [3.8, 4) is 39.8 Å². The number of fused-ring (bicyclic) bond motifs is 9. The number of aliphatic imine (C=N–C) groups is 1. The molecule has 0 saturated heterocycles. The molecule has 266 valence electrons. The molecule has 0 saturated carbocycles. The maximum absolute atomic E-state index is 10.1. The van der Waals surface area contributed by atoms with Crippen LogP contribution in [0.3, 0.4) is 0 Å². The lowest BCUT2D eigenvalue weighted by Crippen LogP contribution is -2.19. The van der Waals surface area contributed by atoms with E-state index in [1.165, 1.54) is 5.56 Å². The molecule has 0 fully saturated rings. The first-order valence-corrected chi connectivity index (χ1v) is 19.0. The maximum atomic E-state index is 10.1. The Labute approximate surface area is 327 Å².